The predicted octanol–water partition coefficient (Wildman–Crippen LogP) is 2.67. The van der Waals surface area contributed by atoms with Crippen molar-refractivity contribution in [2.45, 2.75) is 45.1 Å². The summed E-state index contributed by atoms with van der Waals surface area (Å²) in [6, 6.07) is 10.4. The Morgan fingerprint density at radius 2 is 1.95 bits per heavy atom. The predicted molar refractivity (Wildman–Crippen MR) is 82.3 cm³/mol. The molecule has 0 saturated heterocycles. The Morgan fingerprint density at radius 1 is 1.30 bits per heavy atom. The summed E-state index contributed by atoms with van der Waals surface area (Å²) in [5.41, 5.74) is 7.41. The first kappa shape index (κ1) is 15.0. The van der Waals surface area contributed by atoms with Crippen LogP contribution >= 0.6 is 0 Å². The summed E-state index contributed by atoms with van der Waals surface area (Å²) >= 11 is 0. The molecule has 110 valence electrons. The first-order valence-electron chi connectivity index (χ1n) is 7.75. The average molecular weight is 274 g/mol. The van der Waals surface area contributed by atoms with Gasteiger partial charge in [-0.25, -0.2) is 0 Å². The Labute approximate surface area is 121 Å². The largest absolute Gasteiger partial charge is 0.354 e. The topological polar surface area (TPSA) is 55.1 Å². The Morgan fingerprint density at radius 3 is 2.55 bits per heavy atom. The van der Waals surface area contributed by atoms with Gasteiger partial charge in [-0.3, -0.25) is 4.79 Å². The molecule has 1 aromatic rings. The van der Waals surface area contributed by atoms with Crippen LogP contribution in [0.3, 0.4) is 0 Å². The zero-order valence-electron chi connectivity index (χ0n) is 12.5. The second-order valence-electron chi connectivity index (χ2n) is 5.84. The van der Waals surface area contributed by atoms with Crippen molar-refractivity contribution in [1.82, 2.24) is 5.32 Å². The lowest BCUT2D eigenvalue weighted by Crippen LogP contribution is -2.42. The highest BCUT2D eigenvalue weighted by atomic mass is 16.2. The molecular formula is C17H26N2O. The molecule has 1 saturated carbocycles. The maximum atomic E-state index is 12.1. The van der Waals surface area contributed by atoms with Crippen LogP contribution in [0.25, 0.3) is 0 Å². The second-order valence-corrected chi connectivity index (χ2v) is 5.84. The fourth-order valence-corrected chi connectivity index (χ4v) is 2.96. The highest BCUT2D eigenvalue weighted by Gasteiger charge is 2.43. The van der Waals surface area contributed by atoms with Crippen molar-refractivity contribution < 1.29 is 4.79 Å². The molecule has 3 nitrogen and oxygen atoms in total. The Bertz CT molecular complexity index is 428. The first-order chi connectivity index (χ1) is 9.67. The minimum absolute atomic E-state index is 0.0721. The van der Waals surface area contributed by atoms with Crippen LogP contribution in [0.5, 0.6) is 0 Å². The van der Waals surface area contributed by atoms with E-state index < -0.39 is 0 Å². The van der Waals surface area contributed by atoms with Crippen LogP contribution in [0.4, 0.5) is 0 Å². The van der Waals surface area contributed by atoms with E-state index in [-0.39, 0.29) is 17.9 Å². The SMILES string of the molecule is CCC(CC)C(N)CNC(=O)C1CC1c1ccccc1. The van der Waals surface area contributed by atoms with Gasteiger partial charge in [0.05, 0.1) is 0 Å². The molecule has 3 N–H and O–H groups in total. The maximum absolute atomic E-state index is 12.1. The number of nitrogens with two attached hydrogens (primary N) is 1. The van der Waals surface area contributed by atoms with E-state index in [9.17, 15) is 4.79 Å². The van der Waals surface area contributed by atoms with E-state index in [4.69, 9.17) is 5.73 Å². The van der Waals surface area contributed by atoms with Gasteiger partial charge in [-0.05, 0) is 23.8 Å². The molecule has 1 fully saturated rings. The zero-order chi connectivity index (χ0) is 14.5. The highest BCUT2D eigenvalue weighted by molar-refractivity contribution is 5.82. The van der Waals surface area contributed by atoms with Gasteiger partial charge in [-0.2, -0.15) is 0 Å². The fourth-order valence-electron chi connectivity index (χ4n) is 2.96. The molecule has 2 rings (SSSR count). The molecular weight excluding hydrogens is 248 g/mol. The first-order valence-corrected chi connectivity index (χ1v) is 7.75. The van der Waals surface area contributed by atoms with E-state index in [2.05, 4.69) is 31.3 Å². The number of carbonyl (C=O) groups is 1. The summed E-state index contributed by atoms with van der Waals surface area (Å²) in [4.78, 5) is 12.1. The van der Waals surface area contributed by atoms with Crippen LogP contribution in [0, 0.1) is 11.8 Å². The van der Waals surface area contributed by atoms with Gasteiger partial charge >= 0.3 is 0 Å². The fraction of sp³-hybridized carbons (Fsp3) is 0.588. The van der Waals surface area contributed by atoms with Crippen LogP contribution in [0.1, 0.15) is 44.6 Å². The molecule has 1 aliphatic carbocycles. The third-order valence-corrected chi connectivity index (χ3v) is 4.52. The Balaban J connectivity index is 1.77. The van der Waals surface area contributed by atoms with Crippen molar-refractivity contribution in [3.05, 3.63) is 35.9 Å². The van der Waals surface area contributed by atoms with Gasteiger partial charge in [0, 0.05) is 18.5 Å². The van der Waals surface area contributed by atoms with Crippen molar-refractivity contribution in [2.24, 2.45) is 17.6 Å². The summed E-state index contributed by atoms with van der Waals surface area (Å²) in [6.07, 6.45) is 3.11. The van der Waals surface area contributed by atoms with Crippen molar-refractivity contribution >= 4 is 5.91 Å². The van der Waals surface area contributed by atoms with Crippen molar-refractivity contribution in [1.29, 1.82) is 0 Å². The number of benzene rings is 1. The van der Waals surface area contributed by atoms with Crippen LogP contribution < -0.4 is 11.1 Å². The quantitative estimate of drug-likeness (QED) is 0.803. The molecule has 0 spiro atoms. The lowest BCUT2D eigenvalue weighted by atomic mass is 9.95. The highest BCUT2D eigenvalue weighted by Crippen LogP contribution is 2.47. The molecule has 3 atom stereocenters. The molecule has 3 unspecified atom stereocenters. The van der Waals surface area contributed by atoms with Crippen molar-refractivity contribution in [3.8, 4) is 0 Å². The number of rotatable bonds is 7. The van der Waals surface area contributed by atoms with Crippen molar-refractivity contribution in [3.63, 3.8) is 0 Å². The summed E-state index contributed by atoms with van der Waals surface area (Å²) in [5, 5.41) is 3.03. The normalized spacial score (nSPS) is 22.6. The molecule has 1 aromatic carbocycles. The standard InChI is InChI=1S/C17H26N2O/c1-3-12(4-2)16(18)11-19-17(20)15-10-14(15)13-8-6-5-7-9-13/h5-9,12,14-16H,3-4,10-11,18H2,1-2H3,(H,19,20). The molecule has 0 aliphatic heterocycles. The average Bonchev–Trinajstić information content (AvgIpc) is 3.27. The number of nitrogens with one attached hydrogen (secondary N) is 1. The van der Waals surface area contributed by atoms with Gasteiger partial charge < -0.3 is 11.1 Å². The van der Waals surface area contributed by atoms with E-state index in [0.717, 1.165) is 19.3 Å². The lowest BCUT2D eigenvalue weighted by molar-refractivity contribution is -0.122. The minimum Gasteiger partial charge on any atom is -0.354 e. The van der Waals surface area contributed by atoms with Gasteiger partial charge in [0.1, 0.15) is 0 Å². The van der Waals surface area contributed by atoms with Gasteiger partial charge in [0.25, 0.3) is 0 Å². The van der Waals surface area contributed by atoms with Gasteiger partial charge in [-0.1, -0.05) is 57.0 Å². The maximum Gasteiger partial charge on any atom is 0.223 e. The Kier molecular flexibility index (Phi) is 5.18. The lowest BCUT2D eigenvalue weighted by Gasteiger charge is -2.21. The van der Waals surface area contributed by atoms with Crippen LogP contribution in [-0.2, 0) is 4.79 Å². The second kappa shape index (κ2) is 6.89. The van der Waals surface area contributed by atoms with E-state index >= 15 is 0 Å². The van der Waals surface area contributed by atoms with Gasteiger partial charge in [0.15, 0.2) is 0 Å². The monoisotopic (exact) mass is 274 g/mol. The van der Waals surface area contributed by atoms with Crippen LogP contribution in [0.2, 0.25) is 0 Å². The molecule has 3 heteroatoms. The third kappa shape index (κ3) is 3.60. The number of amides is 1. The van der Waals surface area contributed by atoms with E-state index in [1.807, 2.05) is 18.2 Å². The smallest absolute Gasteiger partial charge is 0.223 e. The molecule has 1 amide bonds. The molecule has 0 heterocycles. The molecule has 1 aliphatic rings. The molecule has 20 heavy (non-hydrogen) atoms. The molecule has 0 bridgehead atoms. The van der Waals surface area contributed by atoms with Gasteiger partial charge in [0.2, 0.25) is 5.91 Å². The third-order valence-electron chi connectivity index (χ3n) is 4.52. The molecule has 0 aromatic heterocycles. The summed E-state index contributed by atoms with van der Waals surface area (Å²) < 4.78 is 0. The summed E-state index contributed by atoms with van der Waals surface area (Å²) in [6.45, 7) is 4.91. The van der Waals surface area contributed by atoms with Crippen LogP contribution in [0.15, 0.2) is 30.3 Å². The van der Waals surface area contributed by atoms with E-state index in [1.165, 1.54) is 5.56 Å². The Hall–Kier alpha value is -1.35. The zero-order valence-corrected chi connectivity index (χ0v) is 12.5. The van der Waals surface area contributed by atoms with E-state index in [1.54, 1.807) is 0 Å². The summed E-state index contributed by atoms with van der Waals surface area (Å²) in [5.74, 6) is 1.21. The van der Waals surface area contributed by atoms with E-state index in [0.29, 0.717) is 18.4 Å². The number of carbonyl (C=O) groups excluding carboxylic acids is 1. The van der Waals surface area contributed by atoms with Crippen molar-refractivity contribution in [2.75, 3.05) is 6.54 Å². The molecule has 0 radical (unpaired) electrons. The van der Waals surface area contributed by atoms with Crippen LogP contribution in [-0.4, -0.2) is 18.5 Å². The number of hydrogen-bond donors (Lipinski definition) is 2. The minimum atomic E-state index is 0.0721. The summed E-state index contributed by atoms with van der Waals surface area (Å²) in [7, 11) is 0. The van der Waals surface area contributed by atoms with Gasteiger partial charge in [-0.15, -0.1) is 0 Å². The number of hydrogen-bond acceptors (Lipinski definition) is 2.